The second-order valence-electron chi connectivity index (χ2n) is 5.27. The molecule has 0 aliphatic heterocycles. The topological polar surface area (TPSA) is 29.5 Å². The summed E-state index contributed by atoms with van der Waals surface area (Å²) in [4.78, 5) is 0. The summed E-state index contributed by atoms with van der Waals surface area (Å²) in [6, 6.07) is 10.3. The molecule has 0 bridgehead atoms. The molecule has 2 aromatic rings. The highest BCUT2D eigenvalue weighted by Gasteiger charge is 2.17. The molecule has 0 saturated carbocycles. The largest absolute Gasteiger partial charge is 0.457 e. The fourth-order valence-corrected chi connectivity index (χ4v) is 2.57. The Hall–Kier alpha value is -1.39. The molecule has 21 heavy (non-hydrogen) atoms. The maximum absolute atomic E-state index is 13.9. The van der Waals surface area contributed by atoms with Crippen LogP contribution in [-0.4, -0.2) is 5.11 Å². The van der Waals surface area contributed by atoms with Crippen molar-refractivity contribution in [1.82, 2.24) is 0 Å². The standard InChI is InChI=1S/C17H18BrFO2/c1-10(2)13-9-12(18)7-8-15(13)21-16-6-4-5-14(19)17(16)11(3)20/h4-11,20H,1-3H3/t11-/m0/s1. The number of aliphatic hydroxyl groups is 1. The summed E-state index contributed by atoms with van der Waals surface area (Å²) in [6.07, 6.45) is -0.931. The molecule has 2 aromatic carbocycles. The van der Waals surface area contributed by atoms with Crippen LogP contribution in [-0.2, 0) is 0 Å². The van der Waals surface area contributed by atoms with Gasteiger partial charge in [-0.2, -0.15) is 0 Å². The van der Waals surface area contributed by atoms with Gasteiger partial charge in [0, 0.05) is 4.47 Å². The molecule has 0 amide bonds. The summed E-state index contributed by atoms with van der Waals surface area (Å²) in [5.74, 6) is 0.807. The van der Waals surface area contributed by atoms with Gasteiger partial charge in [0.05, 0.1) is 11.7 Å². The Labute approximate surface area is 132 Å². The highest BCUT2D eigenvalue weighted by atomic mass is 79.9. The second-order valence-corrected chi connectivity index (χ2v) is 6.18. The van der Waals surface area contributed by atoms with Gasteiger partial charge in [0.1, 0.15) is 17.3 Å². The van der Waals surface area contributed by atoms with Crippen LogP contribution in [0.15, 0.2) is 40.9 Å². The first kappa shape index (κ1) is 16.0. The average Bonchev–Trinajstić information content (AvgIpc) is 2.40. The van der Waals surface area contributed by atoms with E-state index in [9.17, 15) is 9.50 Å². The Balaban J connectivity index is 2.46. The first-order valence-electron chi connectivity index (χ1n) is 6.84. The summed E-state index contributed by atoms with van der Waals surface area (Å²) in [5, 5.41) is 9.76. The lowest BCUT2D eigenvalue weighted by Crippen LogP contribution is -2.01. The number of aliphatic hydroxyl groups excluding tert-OH is 1. The van der Waals surface area contributed by atoms with Crippen LogP contribution in [0.1, 0.15) is 43.9 Å². The minimum Gasteiger partial charge on any atom is -0.457 e. The first-order chi connectivity index (χ1) is 9.90. The predicted octanol–water partition coefficient (Wildman–Crippen LogP) is 5.56. The van der Waals surface area contributed by atoms with Crippen LogP contribution in [0.25, 0.3) is 0 Å². The van der Waals surface area contributed by atoms with Crippen LogP contribution >= 0.6 is 15.9 Å². The number of benzene rings is 2. The van der Waals surface area contributed by atoms with Crippen molar-refractivity contribution in [3.05, 3.63) is 57.8 Å². The fourth-order valence-electron chi connectivity index (χ4n) is 2.19. The number of hydrogen-bond donors (Lipinski definition) is 1. The van der Waals surface area contributed by atoms with E-state index in [1.54, 1.807) is 12.1 Å². The highest BCUT2D eigenvalue weighted by molar-refractivity contribution is 9.10. The molecule has 0 heterocycles. The van der Waals surface area contributed by atoms with E-state index in [2.05, 4.69) is 29.8 Å². The van der Waals surface area contributed by atoms with Gasteiger partial charge in [-0.1, -0.05) is 35.8 Å². The molecule has 112 valence electrons. The Morgan fingerprint density at radius 2 is 1.81 bits per heavy atom. The quantitative estimate of drug-likeness (QED) is 0.780. The maximum atomic E-state index is 13.9. The molecule has 0 spiro atoms. The fraction of sp³-hybridized carbons (Fsp3) is 0.294. The number of rotatable bonds is 4. The average molecular weight is 353 g/mol. The molecule has 0 fully saturated rings. The zero-order valence-electron chi connectivity index (χ0n) is 12.2. The molecular formula is C17H18BrFO2. The van der Waals surface area contributed by atoms with Gasteiger partial charge in [0.2, 0.25) is 0 Å². The van der Waals surface area contributed by atoms with E-state index in [-0.39, 0.29) is 11.5 Å². The van der Waals surface area contributed by atoms with Gasteiger partial charge in [-0.3, -0.25) is 0 Å². The third-order valence-electron chi connectivity index (χ3n) is 3.24. The van der Waals surface area contributed by atoms with Crippen molar-refractivity contribution in [2.45, 2.75) is 32.8 Å². The van der Waals surface area contributed by atoms with Crippen molar-refractivity contribution < 1.29 is 14.2 Å². The van der Waals surface area contributed by atoms with E-state index in [0.29, 0.717) is 11.5 Å². The van der Waals surface area contributed by atoms with Gasteiger partial charge in [0.25, 0.3) is 0 Å². The zero-order chi connectivity index (χ0) is 15.6. The number of halogens is 2. The Kier molecular flexibility index (Phi) is 5.01. The molecule has 0 aromatic heterocycles. The van der Waals surface area contributed by atoms with Gasteiger partial charge in [-0.25, -0.2) is 4.39 Å². The van der Waals surface area contributed by atoms with Crippen LogP contribution in [0.3, 0.4) is 0 Å². The molecule has 2 nitrogen and oxygen atoms in total. The van der Waals surface area contributed by atoms with Crippen molar-refractivity contribution in [1.29, 1.82) is 0 Å². The van der Waals surface area contributed by atoms with Gasteiger partial charge in [-0.05, 0) is 48.7 Å². The lowest BCUT2D eigenvalue weighted by Gasteiger charge is -2.17. The summed E-state index contributed by atoms with van der Waals surface area (Å²) in [6.45, 7) is 5.65. The second kappa shape index (κ2) is 6.58. The molecule has 1 N–H and O–H groups in total. The molecule has 0 aliphatic rings. The summed E-state index contributed by atoms with van der Waals surface area (Å²) in [7, 11) is 0. The van der Waals surface area contributed by atoms with Crippen molar-refractivity contribution in [3.63, 3.8) is 0 Å². The monoisotopic (exact) mass is 352 g/mol. The van der Waals surface area contributed by atoms with Crippen molar-refractivity contribution in [2.24, 2.45) is 0 Å². The molecule has 0 aliphatic carbocycles. The third-order valence-corrected chi connectivity index (χ3v) is 3.74. The minimum atomic E-state index is -0.931. The Morgan fingerprint density at radius 1 is 1.10 bits per heavy atom. The summed E-state index contributed by atoms with van der Waals surface area (Å²) in [5.41, 5.74) is 1.19. The Morgan fingerprint density at radius 3 is 2.43 bits per heavy atom. The van der Waals surface area contributed by atoms with Crippen LogP contribution in [0.2, 0.25) is 0 Å². The lowest BCUT2D eigenvalue weighted by atomic mass is 10.0. The number of ether oxygens (including phenoxy) is 1. The van der Waals surface area contributed by atoms with Crippen molar-refractivity contribution >= 4 is 15.9 Å². The zero-order valence-corrected chi connectivity index (χ0v) is 13.8. The molecule has 1 atom stereocenters. The molecule has 0 saturated heterocycles. The van der Waals surface area contributed by atoms with Crippen molar-refractivity contribution in [3.8, 4) is 11.5 Å². The van der Waals surface area contributed by atoms with E-state index < -0.39 is 11.9 Å². The van der Waals surface area contributed by atoms with Crippen LogP contribution in [0.5, 0.6) is 11.5 Å². The van der Waals surface area contributed by atoms with E-state index in [1.807, 2.05) is 18.2 Å². The van der Waals surface area contributed by atoms with Crippen LogP contribution in [0.4, 0.5) is 4.39 Å². The van der Waals surface area contributed by atoms with Gasteiger partial charge >= 0.3 is 0 Å². The molecule has 0 radical (unpaired) electrons. The first-order valence-corrected chi connectivity index (χ1v) is 7.63. The van der Waals surface area contributed by atoms with Crippen LogP contribution in [0, 0.1) is 5.82 Å². The molecule has 4 heteroatoms. The summed E-state index contributed by atoms with van der Waals surface area (Å²) < 4.78 is 20.7. The van der Waals surface area contributed by atoms with E-state index in [0.717, 1.165) is 10.0 Å². The SMILES string of the molecule is CC(C)c1cc(Br)ccc1Oc1cccc(F)c1[C@H](C)O. The predicted molar refractivity (Wildman–Crippen MR) is 85.3 cm³/mol. The Bertz CT molecular complexity index is 639. The van der Waals surface area contributed by atoms with Crippen molar-refractivity contribution in [2.75, 3.05) is 0 Å². The van der Waals surface area contributed by atoms with Gasteiger partial charge in [-0.15, -0.1) is 0 Å². The van der Waals surface area contributed by atoms with Gasteiger partial charge in [0.15, 0.2) is 0 Å². The number of hydrogen-bond acceptors (Lipinski definition) is 2. The summed E-state index contributed by atoms with van der Waals surface area (Å²) >= 11 is 3.44. The molecule has 2 rings (SSSR count). The van der Waals surface area contributed by atoms with E-state index >= 15 is 0 Å². The lowest BCUT2D eigenvalue weighted by molar-refractivity contribution is 0.190. The van der Waals surface area contributed by atoms with E-state index in [4.69, 9.17) is 4.74 Å². The molecule has 0 unspecified atom stereocenters. The maximum Gasteiger partial charge on any atom is 0.136 e. The third kappa shape index (κ3) is 3.63. The normalized spacial score (nSPS) is 12.5. The van der Waals surface area contributed by atoms with E-state index in [1.165, 1.54) is 13.0 Å². The molecular weight excluding hydrogens is 335 g/mol. The minimum absolute atomic E-state index is 0.176. The van der Waals surface area contributed by atoms with Gasteiger partial charge < -0.3 is 9.84 Å². The highest BCUT2D eigenvalue weighted by Crippen LogP contribution is 2.36. The van der Waals surface area contributed by atoms with Crippen LogP contribution < -0.4 is 4.74 Å². The smallest absolute Gasteiger partial charge is 0.136 e.